The van der Waals surface area contributed by atoms with E-state index in [1.54, 1.807) is 11.1 Å². The molecular weight excluding hydrogens is 410 g/mol. The summed E-state index contributed by atoms with van der Waals surface area (Å²) in [6, 6.07) is 7.79. The first kappa shape index (κ1) is 25.7. The molecule has 0 aromatic carbocycles. The number of likely N-dealkylation sites (N-methyl/N-ethyl adjacent to an activating group) is 1. The highest BCUT2D eigenvalue weighted by Crippen LogP contribution is 2.16. The van der Waals surface area contributed by atoms with Crippen molar-refractivity contribution in [1.29, 1.82) is 0 Å². The van der Waals surface area contributed by atoms with E-state index in [2.05, 4.69) is 24.0 Å². The molecule has 0 fully saturated rings. The monoisotopic (exact) mass is 437 g/mol. The fourth-order valence-corrected chi connectivity index (χ4v) is 2.68. The zero-order valence-electron chi connectivity index (χ0n) is 17.4. The molecule has 2 heterocycles. The fraction of sp³-hybridized carbons (Fsp3) is 0.450. The van der Waals surface area contributed by atoms with Gasteiger partial charge < -0.3 is 34.6 Å². The molecule has 0 aliphatic rings. The molecule has 31 heavy (non-hydrogen) atoms. The van der Waals surface area contributed by atoms with E-state index >= 15 is 0 Å². The number of rotatable bonds is 11. The zero-order chi connectivity index (χ0) is 23.4. The van der Waals surface area contributed by atoms with Crippen LogP contribution in [0.25, 0.3) is 11.4 Å². The molecule has 0 aliphatic carbocycles. The zero-order valence-corrected chi connectivity index (χ0v) is 17.4. The molecule has 2 aromatic heterocycles. The Labute approximate surface area is 178 Å². The second kappa shape index (κ2) is 12.4. The number of aliphatic carboxylic acids is 3. The van der Waals surface area contributed by atoms with Gasteiger partial charge in [-0.25, -0.2) is 0 Å². The number of quaternary nitrogens is 1. The van der Waals surface area contributed by atoms with Gasteiger partial charge >= 0.3 is 11.9 Å². The van der Waals surface area contributed by atoms with Gasteiger partial charge in [0.25, 0.3) is 0 Å². The highest BCUT2D eigenvalue weighted by atomic mass is 16.5. The first-order valence-corrected chi connectivity index (χ1v) is 9.69. The lowest BCUT2D eigenvalue weighted by Gasteiger charge is -2.25. The third-order valence-corrected chi connectivity index (χ3v) is 4.48. The minimum Gasteiger partial charge on any atom is -0.547 e. The number of hydrogen-bond donors (Lipinski definition) is 4. The van der Waals surface area contributed by atoms with Crippen LogP contribution in [0.2, 0.25) is 0 Å². The molecule has 0 unspecified atom stereocenters. The minimum absolute atomic E-state index is 0.820. The number of carboxylic acids is 3. The van der Waals surface area contributed by atoms with Crippen LogP contribution < -0.4 is 10.0 Å². The Morgan fingerprint density at radius 2 is 1.71 bits per heavy atom. The Morgan fingerprint density at radius 1 is 1.10 bits per heavy atom. The van der Waals surface area contributed by atoms with Gasteiger partial charge in [0.15, 0.2) is 0 Å². The van der Waals surface area contributed by atoms with Crippen LogP contribution in [0.15, 0.2) is 35.0 Å². The topological polar surface area (TPSA) is 178 Å². The maximum absolute atomic E-state index is 10.2. The minimum atomic E-state index is -2.85. The molecule has 170 valence electrons. The molecule has 2 aromatic rings. The SMILES string of the molecule is CC[NH+](CC)CCc1cc(-c2ccccn2)no1.O=C(O)CC(O)(CC(=O)O)C(=O)[O-]. The molecule has 4 N–H and O–H groups in total. The summed E-state index contributed by atoms with van der Waals surface area (Å²) in [7, 11) is 0. The van der Waals surface area contributed by atoms with Crippen LogP contribution in [0.3, 0.4) is 0 Å². The molecule has 0 bridgehead atoms. The predicted molar refractivity (Wildman–Crippen MR) is 105 cm³/mol. The highest BCUT2D eigenvalue weighted by Gasteiger charge is 2.34. The lowest BCUT2D eigenvalue weighted by molar-refractivity contribution is -0.896. The highest BCUT2D eigenvalue weighted by molar-refractivity contribution is 5.86. The van der Waals surface area contributed by atoms with Crippen molar-refractivity contribution in [3.8, 4) is 11.4 Å². The van der Waals surface area contributed by atoms with E-state index in [0.717, 1.165) is 43.2 Å². The van der Waals surface area contributed by atoms with Gasteiger partial charge in [-0.1, -0.05) is 11.2 Å². The van der Waals surface area contributed by atoms with E-state index in [0.29, 0.717) is 0 Å². The maximum atomic E-state index is 10.2. The van der Waals surface area contributed by atoms with E-state index in [4.69, 9.17) is 19.8 Å². The Kier molecular flexibility index (Phi) is 10.3. The molecule has 11 heteroatoms. The van der Waals surface area contributed by atoms with Crippen molar-refractivity contribution in [3.05, 3.63) is 36.2 Å². The summed E-state index contributed by atoms with van der Waals surface area (Å²) in [5, 5.41) is 39.6. The Hall–Kier alpha value is -3.31. The Morgan fingerprint density at radius 3 is 2.16 bits per heavy atom. The second-order valence-corrected chi connectivity index (χ2v) is 6.81. The van der Waals surface area contributed by atoms with Crippen LogP contribution in [0.1, 0.15) is 32.4 Å². The number of aliphatic hydroxyl groups is 1. The summed E-state index contributed by atoms with van der Waals surface area (Å²) >= 11 is 0. The van der Waals surface area contributed by atoms with Crippen LogP contribution in [-0.2, 0) is 20.8 Å². The molecule has 0 atom stereocenters. The molecule has 0 saturated carbocycles. The molecular formula is C20H27N3O8. The third-order valence-electron chi connectivity index (χ3n) is 4.48. The Balaban J connectivity index is 0.000000330. The fourth-order valence-electron chi connectivity index (χ4n) is 2.68. The molecule has 0 radical (unpaired) electrons. The maximum Gasteiger partial charge on any atom is 0.306 e. The number of carboxylic acid groups (broad SMARTS) is 3. The van der Waals surface area contributed by atoms with Gasteiger partial charge in [0.05, 0.1) is 50.6 Å². The molecule has 0 aliphatic heterocycles. The summed E-state index contributed by atoms with van der Waals surface area (Å²) in [5.41, 5.74) is -1.17. The van der Waals surface area contributed by atoms with Gasteiger partial charge in [-0.3, -0.25) is 14.6 Å². The van der Waals surface area contributed by atoms with Crippen LogP contribution in [0, 0.1) is 0 Å². The van der Waals surface area contributed by atoms with Crippen LogP contribution >= 0.6 is 0 Å². The summed E-state index contributed by atoms with van der Waals surface area (Å²) < 4.78 is 5.36. The molecule has 0 saturated heterocycles. The van der Waals surface area contributed by atoms with Gasteiger partial charge in [0.1, 0.15) is 17.1 Å². The molecule has 11 nitrogen and oxygen atoms in total. The number of carbonyl (C=O) groups is 3. The van der Waals surface area contributed by atoms with Gasteiger partial charge in [-0.05, 0) is 26.0 Å². The number of pyridine rings is 1. The predicted octanol–water partition coefficient (Wildman–Crippen LogP) is -1.38. The van der Waals surface area contributed by atoms with E-state index in [9.17, 15) is 19.5 Å². The number of aromatic nitrogens is 2. The van der Waals surface area contributed by atoms with Gasteiger partial charge in [-0.15, -0.1) is 0 Å². The van der Waals surface area contributed by atoms with Crippen molar-refractivity contribution in [3.63, 3.8) is 0 Å². The number of nitrogens with zero attached hydrogens (tertiary/aromatic N) is 2. The van der Waals surface area contributed by atoms with Gasteiger partial charge in [-0.2, -0.15) is 0 Å². The quantitative estimate of drug-likeness (QED) is 0.327. The van der Waals surface area contributed by atoms with Crippen molar-refractivity contribution < 1.29 is 44.2 Å². The van der Waals surface area contributed by atoms with Crippen LogP contribution in [0.5, 0.6) is 0 Å². The molecule has 0 amide bonds. The molecule has 0 spiro atoms. The van der Waals surface area contributed by atoms with Crippen molar-refractivity contribution in [2.24, 2.45) is 0 Å². The second-order valence-electron chi connectivity index (χ2n) is 6.81. The van der Waals surface area contributed by atoms with Crippen LogP contribution in [0.4, 0.5) is 0 Å². The van der Waals surface area contributed by atoms with Crippen LogP contribution in [-0.4, -0.2) is 68.6 Å². The average Bonchev–Trinajstić information content (AvgIpc) is 3.18. The number of carbonyl (C=O) groups excluding carboxylic acids is 1. The first-order chi connectivity index (χ1) is 14.6. The van der Waals surface area contributed by atoms with Crippen molar-refractivity contribution in [1.82, 2.24) is 10.1 Å². The van der Waals surface area contributed by atoms with Crippen molar-refractivity contribution in [2.75, 3.05) is 19.6 Å². The average molecular weight is 437 g/mol. The number of hydrogen-bond acceptors (Lipinski definition) is 8. The summed E-state index contributed by atoms with van der Waals surface area (Å²) in [6.45, 7) is 7.80. The summed E-state index contributed by atoms with van der Waals surface area (Å²) in [6.07, 6.45) is 0.282. The summed E-state index contributed by atoms with van der Waals surface area (Å²) in [4.78, 5) is 36.2. The normalized spacial score (nSPS) is 11.0. The first-order valence-electron chi connectivity index (χ1n) is 9.69. The van der Waals surface area contributed by atoms with Crippen molar-refractivity contribution >= 4 is 17.9 Å². The van der Waals surface area contributed by atoms with E-state index in [1.165, 1.54) is 0 Å². The lowest BCUT2D eigenvalue weighted by atomic mass is 9.96. The molecule has 2 rings (SSSR count). The van der Waals surface area contributed by atoms with Gasteiger partial charge in [0, 0.05) is 12.3 Å². The van der Waals surface area contributed by atoms with Gasteiger partial charge in [0.2, 0.25) is 0 Å². The largest absolute Gasteiger partial charge is 0.547 e. The van der Waals surface area contributed by atoms with E-state index in [1.807, 2.05) is 24.3 Å². The number of nitrogens with one attached hydrogen (secondary N) is 1. The van der Waals surface area contributed by atoms with Crippen molar-refractivity contribution in [2.45, 2.75) is 38.7 Å². The third kappa shape index (κ3) is 8.93. The van der Waals surface area contributed by atoms with E-state index < -0.39 is 36.4 Å². The smallest absolute Gasteiger partial charge is 0.306 e. The summed E-state index contributed by atoms with van der Waals surface area (Å²) in [5.74, 6) is -4.41. The lowest BCUT2D eigenvalue weighted by Crippen LogP contribution is -3.11. The van der Waals surface area contributed by atoms with E-state index in [-0.39, 0.29) is 0 Å². The Bertz CT molecular complexity index is 833. The standard InChI is InChI=1S/C14H19N3O.C6H8O7/c1-3-17(4-2)10-8-12-11-14(16-18-12)13-7-5-6-9-15-13;7-3(8)1-6(13,5(11)12)2-4(9)10/h5-7,9,11H,3-4,8,10H2,1-2H3;13H,1-2H2,(H,7,8)(H,9,10)(H,11,12).